The van der Waals surface area contributed by atoms with Crippen LogP contribution >= 0.6 is 23.4 Å². The quantitative estimate of drug-likeness (QED) is 0.901. The maximum absolute atomic E-state index is 13.6. The van der Waals surface area contributed by atoms with E-state index in [9.17, 15) is 9.18 Å². The highest BCUT2D eigenvalue weighted by Gasteiger charge is 2.18. The lowest BCUT2D eigenvalue weighted by Crippen LogP contribution is -2.43. The van der Waals surface area contributed by atoms with E-state index >= 15 is 0 Å². The molecule has 1 aromatic carbocycles. The number of rotatable bonds is 5. The summed E-state index contributed by atoms with van der Waals surface area (Å²) in [5.41, 5.74) is 0.469. The van der Waals surface area contributed by atoms with E-state index in [2.05, 4.69) is 17.3 Å². The second-order valence-electron chi connectivity index (χ2n) is 5.34. The molecule has 1 amide bonds. The van der Waals surface area contributed by atoms with Gasteiger partial charge >= 0.3 is 0 Å². The largest absolute Gasteiger partial charge is 0.353 e. The summed E-state index contributed by atoms with van der Waals surface area (Å²) in [6.07, 6.45) is 1.98. The molecule has 0 aromatic heterocycles. The van der Waals surface area contributed by atoms with Gasteiger partial charge in [-0.2, -0.15) is 0 Å². The molecule has 1 aliphatic rings. The van der Waals surface area contributed by atoms with Gasteiger partial charge in [-0.1, -0.05) is 17.7 Å². The van der Waals surface area contributed by atoms with Crippen LogP contribution in [0.3, 0.4) is 0 Å². The molecule has 1 aliphatic heterocycles. The Morgan fingerprint density at radius 1 is 1.48 bits per heavy atom. The highest BCUT2D eigenvalue weighted by molar-refractivity contribution is 7.99. The number of piperidine rings is 1. The van der Waals surface area contributed by atoms with Crippen LogP contribution < -0.4 is 5.32 Å². The molecule has 0 saturated carbocycles. The van der Waals surface area contributed by atoms with E-state index in [1.807, 2.05) is 0 Å². The van der Waals surface area contributed by atoms with Crippen LogP contribution in [-0.4, -0.2) is 42.7 Å². The monoisotopic (exact) mass is 330 g/mol. The minimum absolute atomic E-state index is 0.0158. The van der Waals surface area contributed by atoms with Crippen LogP contribution in [0.25, 0.3) is 0 Å². The summed E-state index contributed by atoms with van der Waals surface area (Å²) in [4.78, 5) is 14.1. The summed E-state index contributed by atoms with van der Waals surface area (Å²) in [6.45, 7) is 2.03. The van der Waals surface area contributed by atoms with Crippen LogP contribution in [0.15, 0.2) is 18.2 Å². The summed E-state index contributed by atoms with van der Waals surface area (Å²) >= 11 is 7.34. The van der Waals surface area contributed by atoms with Crippen LogP contribution in [-0.2, 0) is 10.5 Å². The fourth-order valence-electron chi connectivity index (χ4n) is 2.34. The Kier molecular flexibility index (Phi) is 6.33. The van der Waals surface area contributed by atoms with Gasteiger partial charge in [-0.3, -0.25) is 4.79 Å². The van der Waals surface area contributed by atoms with Crippen molar-refractivity contribution in [3.05, 3.63) is 34.6 Å². The van der Waals surface area contributed by atoms with E-state index in [1.165, 1.54) is 17.8 Å². The Morgan fingerprint density at radius 3 is 2.86 bits per heavy atom. The molecule has 3 nitrogen and oxygen atoms in total. The van der Waals surface area contributed by atoms with Crippen LogP contribution in [0, 0.1) is 5.82 Å². The number of thioether (sulfide) groups is 1. The molecule has 2 rings (SSSR count). The molecule has 0 spiro atoms. The van der Waals surface area contributed by atoms with Crippen molar-refractivity contribution in [1.82, 2.24) is 10.2 Å². The third kappa shape index (κ3) is 5.16. The molecule has 0 radical (unpaired) electrons. The highest BCUT2D eigenvalue weighted by Crippen LogP contribution is 2.23. The summed E-state index contributed by atoms with van der Waals surface area (Å²) in [5.74, 6) is 0.441. The van der Waals surface area contributed by atoms with E-state index in [0.29, 0.717) is 22.1 Å². The van der Waals surface area contributed by atoms with Gasteiger partial charge in [0.05, 0.1) is 5.75 Å². The lowest BCUT2D eigenvalue weighted by molar-refractivity contribution is -0.119. The summed E-state index contributed by atoms with van der Waals surface area (Å²) in [6, 6.07) is 4.91. The van der Waals surface area contributed by atoms with Gasteiger partial charge in [-0.15, -0.1) is 11.8 Å². The third-order valence-electron chi connectivity index (χ3n) is 3.62. The predicted octanol–water partition coefficient (Wildman–Crippen LogP) is 2.92. The SMILES string of the molecule is CN1CCC(NC(=O)CSCc2c(F)cccc2Cl)CC1. The zero-order chi connectivity index (χ0) is 15.2. The van der Waals surface area contributed by atoms with Gasteiger partial charge in [-0.25, -0.2) is 4.39 Å². The second kappa shape index (κ2) is 8.01. The first-order valence-corrected chi connectivity index (χ1v) is 8.58. The van der Waals surface area contributed by atoms with Crippen LogP contribution in [0.2, 0.25) is 5.02 Å². The normalized spacial score (nSPS) is 16.9. The molecule has 1 fully saturated rings. The molecular weight excluding hydrogens is 311 g/mol. The molecule has 21 heavy (non-hydrogen) atoms. The fraction of sp³-hybridized carbons (Fsp3) is 0.533. The predicted molar refractivity (Wildman–Crippen MR) is 86.2 cm³/mol. The molecule has 0 bridgehead atoms. The number of carbonyl (C=O) groups is 1. The molecule has 1 aromatic rings. The van der Waals surface area contributed by atoms with Gasteiger partial charge in [0, 0.05) is 22.4 Å². The number of carbonyl (C=O) groups excluding carboxylic acids is 1. The average Bonchev–Trinajstić information content (AvgIpc) is 2.45. The van der Waals surface area contributed by atoms with Gasteiger partial charge in [0.1, 0.15) is 5.82 Å². The van der Waals surface area contributed by atoms with Crippen molar-refractivity contribution in [1.29, 1.82) is 0 Å². The van der Waals surface area contributed by atoms with Crippen LogP contribution in [0.5, 0.6) is 0 Å². The number of halogens is 2. The van der Waals surface area contributed by atoms with Gasteiger partial charge < -0.3 is 10.2 Å². The minimum Gasteiger partial charge on any atom is -0.353 e. The van der Waals surface area contributed by atoms with Gasteiger partial charge in [0.15, 0.2) is 0 Å². The van der Waals surface area contributed by atoms with E-state index in [1.54, 1.807) is 12.1 Å². The van der Waals surface area contributed by atoms with Crippen molar-refractivity contribution in [2.24, 2.45) is 0 Å². The Morgan fingerprint density at radius 2 is 2.19 bits per heavy atom. The molecule has 1 saturated heterocycles. The maximum Gasteiger partial charge on any atom is 0.230 e. The Hall–Kier alpha value is -0.780. The zero-order valence-corrected chi connectivity index (χ0v) is 13.6. The molecular formula is C15H20ClFN2OS. The number of benzene rings is 1. The molecule has 1 N–H and O–H groups in total. The van der Waals surface area contributed by atoms with E-state index < -0.39 is 0 Å². The number of nitrogens with one attached hydrogen (secondary N) is 1. The van der Waals surface area contributed by atoms with Gasteiger partial charge in [-0.05, 0) is 45.1 Å². The first-order valence-electron chi connectivity index (χ1n) is 7.05. The van der Waals surface area contributed by atoms with Crippen molar-refractivity contribution in [3.8, 4) is 0 Å². The second-order valence-corrected chi connectivity index (χ2v) is 6.73. The number of hydrogen-bond acceptors (Lipinski definition) is 3. The summed E-state index contributed by atoms with van der Waals surface area (Å²) in [5, 5.41) is 3.46. The Balaban J connectivity index is 1.72. The van der Waals surface area contributed by atoms with Crippen molar-refractivity contribution in [2.45, 2.75) is 24.6 Å². The van der Waals surface area contributed by atoms with Crippen molar-refractivity contribution >= 4 is 29.3 Å². The molecule has 116 valence electrons. The molecule has 0 unspecified atom stereocenters. The van der Waals surface area contributed by atoms with E-state index in [4.69, 9.17) is 11.6 Å². The van der Waals surface area contributed by atoms with Crippen molar-refractivity contribution in [2.75, 3.05) is 25.9 Å². The van der Waals surface area contributed by atoms with E-state index in [0.717, 1.165) is 25.9 Å². The highest BCUT2D eigenvalue weighted by atomic mass is 35.5. The fourth-order valence-corrected chi connectivity index (χ4v) is 3.52. The first kappa shape index (κ1) is 16.6. The molecule has 6 heteroatoms. The topological polar surface area (TPSA) is 32.3 Å². The number of nitrogens with zero attached hydrogens (tertiary/aromatic N) is 1. The molecule has 0 atom stereocenters. The standard InChI is InChI=1S/C15H20ClFN2OS/c1-19-7-5-11(6-8-19)18-15(20)10-21-9-12-13(16)3-2-4-14(12)17/h2-4,11H,5-10H2,1H3,(H,18,20). The Labute approximate surface area is 134 Å². The Bertz CT molecular complexity index is 472. The van der Waals surface area contributed by atoms with Crippen molar-refractivity contribution in [3.63, 3.8) is 0 Å². The molecule has 1 heterocycles. The van der Waals surface area contributed by atoms with Crippen molar-refractivity contribution < 1.29 is 9.18 Å². The molecule has 0 aliphatic carbocycles. The lowest BCUT2D eigenvalue weighted by atomic mass is 10.1. The first-order chi connectivity index (χ1) is 10.1. The minimum atomic E-state index is -0.314. The van der Waals surface area contributed by atoms with Crippen LogP contribution in [0.1, 0.15) is 18.4 Å². The van der Waals surface area contributed by atoms with Gasteiger partial charge in [0.25, 0.3) is 0 Å². The summed E-state index contributed by atoms with van der Waals surface area (Å²) in [7, 11) is 2.09. The van der Waals surface area contributed by atoms with Crippen LogP contribution in [0.4, 0.5) is 4.39 Å². The summed E-state index contributed by atoms with van der Waals surface area (Å²) < 4.78 is 13.6. The third-order valence-corrected chi connectivity index (χ3v) is 4.94. The lowest BCUT2D eigenvalue weighted by Gasteiger charge is -2.29. The number of amides is 1. The number of hydrogen-bond donors (Lipinski definition) is 1. The average molecular weight is 331 g/mol. The zero-order valence-electron chi connectivity index (χ0n) is 12.1. The number of likely N-dealkylation sites (tertiary alicyclic amines) is 1. The van der Waals surface area contributed by atoms with E-state index in [-0.39, 0.29) is 17.8 Å². The smallest absolute Gasteiger partial charge is 0.230 e. The maximum atomic E-state index is 13.6. The van der Waals surface area contributed by atoms with Gasteiger partial charge in [0.2, 0.25) is 5.91 Å².